The van der Waals surface area contributed by atoms with E-state index in [9.17, 15) is 19.0 Å². The van der Waals surface area contributed by atoms with Crippen molar-refractivity contribution >= 4 is 19.8 Å². The number of hydrogen-bond donors (Lipinski definition) is 2. The summed E-state index contributed by atoms with van der Waals surface area (Å²) in [6, 6.07) is 0. The molecule has 0 spiro atoms. The van der Waals surface area contributed by atoms with Crippen LogP contribution in [0.5, 0.6) is 0 Å². The SMILES string of the molecule is CCCCC/C=C/C/C=C/C/C=C/CCCCCCC(=O)OC[C@H](COP(=O)(O)OCCN)OC(=O)CCCCCCCCCCC/C=C/C/C=C/CCCCC. The van der Waals surface area contributed by atoms with E-state index in [0.717, 1.165) is 70.6 Å². The van der Waals surface area contributed by atoms with Gasteiger partial charge in [-0.1, -0.05) is 158 Å². The molecule has 2 atom stereocenters. The van der Waals surface area contributed by atoms with Gasteiger partial charge in [0, 0.05) is 19.4 Å². The highest BCUT2D eigenvalue weighted by Crippen LogP contribution is 2.43. The summed E-state index contributed by atoms with van der Waals surface area (Å²) in [7, 11) is -4.39. The minimum absolute atomic E-state index is 0.0470. The third-order valence-corrected chi connectivity index (χ3v) is 10.4. The number of carbonyl (C=O) groups excluding carboxylic acids is 2. The quantitative estimate of drug-likeness (QED) is 0.0267. The van der Waals surface area contributed by atoms with Gasteiger partial charge in [-0.05, 0) is 83.5 Å². The number of carbonyl (C=O) groups is 2. The van der Waals surface area contributed by atoms with Gasteiger partial charge in [-0.15, -0.1) is 0 Å². The number of phosphoric ester groups is 1. The Morgan fingerprint density at radius 1 is 0.526 bits per heavy atom. The molecular formula is C47H84NO8P. The molecule has 0 aliphatic rings. The Kier molecular flexibility index (Phi) is 41.6. The number of ether oxygens (including phenoxy) is 2. The summed E-state index contributed by atoms with van der Waals surface area (Å²) in [6.45, 7) is 3.65. The van der Waals surface area contributed by atoms with Crippen molar-refractivity contribution in [3.63, 3.8) is 0 Å². The van der Waals surface area contributed by atoms with E-state index in [0.29, 0.717) is 12.8 Å². The first-order valence-electron chi connectivity index (χ1n) is 22.8. The molecular weight excluding hydrogens is 737 g/mol. The fraction of sp³-hybridized carbons (Fsp3) is 0.745. The summed E-state index contributed by atoms with van der Waals surface area (Å²) in [6.07, 6.45) is 51.0. The van der Waals surface area contributed by atoms with E-state index >= 15 is 0 Å². The highest BCUT2D eigenvalue weighted by Gasteiger charge is 2.26. The van der Waals surface area contributed by atoms with Crippen LogP contribution < -0.4 is 5.73 Å². The van der Waals surface area contributed by atoms with Crippen molar-refractivity contribution in [2.45, 2.75) is 200 Å². The van der Waals surface area contributed by atoms with E-state index in [4.69, 9.17) is 24.3 Å². The maximum atomic E-state index is 12.6. The summed E-state index contributed by atoms with van der Waals surface area (Å²) < 4.78 is 32.8. The summed E-state index contributed by atoms with van der Waals surface area (Å²) >= 11 is 0. The zero-order valence-electron chi connectivity index (χ0n) is 36.3. The first kappa shape index (κ1) is 54.7. The van der Waals surface area contributed by atoms with Crippen LogP contribution in [0.15, 0.2) is 60.8 Å². The Balaban J connectivity index is 4.18. The monoisotopic (exact) mass is 822 g/mol. The van der Waals surface area contributed by atoms with Crippen LogP contribution in [0.3, 0.4) is 0 Å². The Bertz CT molecular complexity index is 1120. The van der Waals surface area contributed by atoms with Gasteiger partial charge in [0.2, 0.25) is 0 Å². The highest BCUT2D eigenvalue weighted by atomic mass is 31.2. The Morgan fingerprint density at radius 2 is 0.912 bits per heavy atom. The molecule has 57 heavy (non-hydrogen) atoms. The van der Waals surface area contributed by atoms with E-state index in [-0.39, 0.29) is 32.6 Å². The third-order valence-electron chi connectivity index (χ3n) is 9.38. The molecule has 0 rings (SSSR count). The molecule has 10 heteroatoms. The molecule has 330 valence electrons. The van der Waals surface area contributed by atoms with E-state index in [2.05, 4.69) is 74.6 Å². The predicted octanol–water partition coefficient (Wildman–Crippen LogP) is 13.3. The number of phosphoric acid groups is 1. The first-order valence-corrected chi connectivity index (χ1v) is 24.3. The van der Waals surface area contributed by atoms with E-state index in [1.54, 1.807) is 0 Å². The second-order valence-electron chi connectivity index (χ2n) is 14.9. The van der Waals surface area contributed by atoms with Crippen LogP contribution >= 0.6 is 7.82 Å². The smallest absolute Gasteiger partial charge is 0.462 e. The van der Waals surface area contributed by atoms with Crippen molar-refractivity contribution in [1.82, 2.24) is 0 Å². The van der Waals surface area contributed by atoms with Crippen molar-refractivity contribution < 1.29 is 37.6 Å². The van der Waals surface area contributed by atoms with Gasteiger partial charge in [0.1, 0.15) is 6.61 Å². The molecule has 3 N–H and O–H groups in total. The molecule has 0 saturated carbocycles. The van der Waals surface area contributed by atoms with Crippen molar-refractivity contribution in [2.75, 3.05) is 26.4 Å². The van der Waals surface area contributed by atoms with Crippen LogP contribution in [0.25, 0.3) is 0 Å². The van der Waals surface area contributed by atoms with Crippen LogP contribution in [0.1, 0.15) is 194 Å². The first-order chi connectivity index (χ1) is 27.8. The molecule has 0 aliphatic carbocycles. The van der Waals surface area contributed by atoms with Gasteiger partial charge in [0.05, 0.1) is 13.2 Å². The average molecular weight is 822 g/mol. The summed E-state index contributed by atoms with van der Waals surface area (Å²) in [4.78, 5) is 34.9. The number of allylic oxidation sites excluding steroid dienone is 10. The Hall–Kier alpha value is -2.29. The van der Waals surface area contributed by atoms with Gasteiger partial charge in [-0.25, -0.2) is 4.57 Å². The zero-order valence-corrected chi connectivity index (χ0v) is 37.2. The zero-order chi connectivity index (χ0) is 41.8. The van der Waals surface area contributed by atoms with Crippen molar-refractivity contribution in [2.24, 2.45) is 5.73 Å². The lowest BCUT2D eigenvalue weighted by molar-refractivity contribution is -0.161. The van der Waals surface area contributed by atoms with Crippen LogP contribution in [-0.2, 0) is 32.7 Å². The van der Waals surface area contributed by atoms with Crippen LogP contribution in [-0.4, -0.2) is 49.3 Å². The molecule has 0 amide bonds. The van der Waals surface area contributed by atoms with E-state index in [1.807, 2.05) is 0 Å². The Morgan fingerprint density at radius 3 is 1.35 bits per heavy atom. The highest BCUT2D eigenvalue weighted by molar-refractivity contribution is 7.47. The van der Waals surface area contributed by atoms with Gasteiger partial charge in [-0.3, -0.25) is 18.6 Å². The molecule has 0 aromatic carbocycles. The van der Waals surface area contributed by atoms with Crippen LogP contribution in [0.4, 0.5) is 0 Å². The third kappa shape index (κ3) is 43.1. The van der Waals surface area contributed by atoms with Crippen molar-refractivity contribution in [3.05, 3.63) is 60.8 Å². The van der Waals surface area contributed by atoms with E-state index < -0.39 is 32.5 Å². The largest absolute Gasteiger partial charge is 0.472 e. The van der Waals surface area contributed by atoms with Crippen molar-refractivity contribution in [1.29, 1.82) is 0 Å². The summed E-state index contributed by atoms with van der Waals surface area (Å²) in [5.41, 5.74) is 5.35. The van der Waals surface area contributed by atoms with Gasteiger partial charge in [0.15, 0.2) is 6.10 Å². The maximum Gasteiger partial charge on any atom is 0.472 e. The molecule has 0 radical (unpaired) electrons. The minimum Gasteiger partial charge on any atom is -0.462 e. The normalized spacial score (nSPS) is 13.8. The van der Waals surface area contributed by atoms with Crippen molar-refractivity contribution in [3.8, 4) is 0 Å². The minimum atomic E-state index is -4.39. The van der Waals surface area contributed by atoms with E-state index in [1.165, 1.54) is 83.5 Å². The average Bonchev–Trinajstić information content (AvgIpc) is 3.20. The van der Waals surface area contributed by atoms with Gasteiger partial charge < -0.3 is 20.1 Å². The van der Waals surface area contributed by atoms with Gasteiger partial charge in [0.25, 0.3) is 0 Å². The van der Waals surface area contributed by atoms with Crippen LogP contribution in [0, 0.1) is 0 Å². The van der Waals surface area contributed by atoms with Gasteiger partial charge >= 0.3 is 19.8 Å². The molecule has 0 bridgehead atoms. The lowest BCUT2D eigenvalue weighted by Gasteiger charge is -2.19. The molecule has 9 nitrogen and oxygen atoms in total. The molecule has 0 aromatic heterocycles. The molecule has 0 aliphatic heterocycles. The molecule has 0 fully saturated rings. The molecule has 1 unspecified atom stereocenters. The lowest BCUT2D eigenvalue weighted by atomic mass is 10.1. The maximum absolute atomic E-state index is 12.6. The Labute approximate surface area is 349 Å². The lowest BCUT2D eigenvalue weighted by Crippen LogP contribution is -2.29. The number of rotatable bonds is 42. The number of unbranched alkanes of at least 4 members (excludes halogenated alkanes) is 19. The standard InChI is InChI=1S/C47H84NO8P/c1-3-5-7-9-11-13-15-17-19-21-22-24-26-28-30-32-34-36-38-40-47(50)56-45(44-55-57(51,52)54-42-41-48)43-53-46(49)39-37-35-33-31-29-27-25-23-20-18-16-14-12-10-8-6-4-2/h11-14,17-20,25,27,45H,3-10,15-16,21-24,26,28-44,48H2,1-2H3,(H,51,52)/b13-11+,14-12+,19-17+,20-18+,27-25+/t45-/m1/s1. The number of nitrogens with two attached hydrogens (primary N) is 1. The molecule has 0 heterocycles. The number of hydrogen-bond acceptors (Lipinski definition) is 8. The fourth-order valence-corrected chi connectivity index (χ4v) is 6.73. The molecule has 0 aromatic rings. The molecule has 0 saturated heterocycles. The topological polar surface area (TPSA) is 134 Å². The van der Waals surface area contributed by atoms with Crippen LogP contribution in [0.2, 0.25) is 0 Å². The second-order valence-corrected chi connectivity index (χ2v) is 16.4. The summed E-state index contributed by atoms with van der Waals surface area (Å²) in [5, 5.41) is 0. The number of esters is 2. The fourth-order valence-electron chi connectivity index (χ4n) is 5.96. The summed E-state index contributed by atoms with van der Waals surface area (Å²) in [5.74, 6) is -0.860. The predicted molar refractivity (Wildman–Crippen MR) is 238 cm³/mol. The second kappa shape index (κ2) is 43.3. The van der Waals surface area contributed by atoms with Gasteiger partial charge in [-0.2, -0.15) is 0 Å².